The summed E-state index contributed by atoms with van der Waals surface area (Å²) in [5, 5.41) is 6.95. The number of rotatable bonds is 9. The van der Waals surface area contributed by atoms with Crippen LogP contribution in [-0.4, -0.2) is 88.0 Å². The van der Waals surface area contributed by atoms with Crippen LogP contribution in [-0.2, 0) is 21.1 Å². The van der Waals surface area contributed by atoms with Crippen molar-refractivity contribution in [2.45, 2.75) is 61.6 Å². The van der Waals surface area contributed by atoms with Crippen LogP contribution in [0.25, 0.3) is 10.9 Å². The lowest BCUT2D eigenvalue weighted by Gasteiger charge is -2.58. The van der Waals surface area contributed by atoms with Gasteiger partial charge in [-0.2, -0.15) is 26.3 Å². The van der Waals surface area contributed by atoms with Gasteiger partial charge in [-0.1, -0.05) is 12.0 Å². The Kier molecular flexibility index (Phi) is 9.29. The van der Waals surface area contributed by atoms with Crippen molar-refractivity contribution in [2.75, 3.05) is 56.3 Å². The molecule has 1 spiro atoms. The highest BCUT2D eigenvalue weighted by Gasteiger charge is 2.50. The first kappa shape index (κ1) is 34.3. The number of hydrogen-bond donors (Lipinski definition) is 2. The highest BCUT2D eigenvalue weighted by atomic mass is 32.2. The van der Waals surface area contributed by atoms with E-state index in [9.17, 15) is 34.8 Å². The molecule has 1 saturated carbocycles. The summed E-state index contributed by atoms with van der Waals surface area (Å²) in [4.78, 5) is 2.30. The maximum absolute atomic E-state index is 13.7. The molecule has 0 amide bonds. The number of alkyl halides is 6. The zero-order valence-electron chi connectivity index (χ0n) is 26.2. The Hall–Kier alpha value is -3.61. The number of aromatic nitrogens is 1. The average molecular weight is 699 g/mol. The van der Waals surface area contributed by atoms with Crippen molar-refractivity contribution in [1.82, 2.24) is 9.47 Å². The molecule has 1 aliphatic carbocycles. The van der Waals surface area contributed by atoms with Gasteiger partial charge in [0.25, 0.3) is 0 Å². The Morgan fingerprint density at radius 3 is 2.33 bits per heavy atom. The Balaban J connectivity index is 1.17. The number of likely N-dealkylation sites (tertiary alicyclic amines) is 1. The van der Waals surface area contributed by atoms with Gasteiger partial charge >= 0.3 is 12.4 Å². The second-order valence-corrected chi connectivity index (χ2v) is 15.0. The fourth-order valence-corrected chi connectivity index (χ4v) is 7.38. The number of halogens is 6. The van der Waals surface area contributed by atoms with Gasteiger partial charge in [-0.15, -0.1) is 0 Å². The zero-order chi connectivity index (χ0) is 34.3. The van der Waals surface area contributed by atoms with Gasteiger partial charge in [0.2, 0.25) is 0 Å². The van der Waals surface area contributed by atoms with Crippen LogP contribution in [0.3, 0.4) is 0 Å². The third-order valence-electron chi connectivity index (χ3n) is 9.11. The van der Waals surface area contributed by atoms with E-state index in [4.69, 9.17) is 9.47 Å². The second-order valence-electron chi connectivity index (χ2n) is 13.0. The first-order valence-electron chi connectivity index (χ1n) is 15.6. The second kappa shape index (κ2) is 13.0. The number of hydrogen-bond acceptors (Lipinski definition) is 7. The van der Waals surface area contributed by atoms with E-state index >= 15 is 0 Å². The molecule has 3 aliphatic rings. The quantitative estimate of drug-likeness (QED) is 0.208. The van der Waals surface area contributed by atoms with Crippen molar-refractivity contribution in [1.29, 1.82) is 0 Å². The van der Waals surface area contributed by atoms with Crippen molar-refractivity contribution in [2.24, 2.45) is 5.41 Å². The van der Waals surface area contributed by atoms with E-state index in [1.165, 1.54) is 12.1 Å². The van der Waals surface area contributed by atoms with Crippen LogP contribution in [0, 0.1) is 17.3 Å². The molecule has 2 aliphatic heterocycles. The number of fused-ring (bicyclic) bond motifs is 1. The van der Waals surface area contributed by atoms with Gasteiger partial charge in [0, 0.05) is 54.0 Å². The molecule has 0 unspecified atom stereocenters. The summed E-state index contributed by atoms with van der Waals surface area (Å²) >= 11 is 0. The van der Waals surface area contributed by atoms with E-state index in [-0.39, 0.29) is 34.6 Å². The van der Waals surface area contributed by atoms with Gasteiger partial charge in [-0.25, -0.2) is 8.42 Å². The lowest BCUT2D eigenvalue weighted by molar-refractivity contribution is -0.200. The Labute approximate surface area is 274 Å². The highest BCUT2D eigenvalue weighted by molar-refractivity contribution is 7.90. The number of anilines is 2. The predicted molar refractivity (Wildman–Crippen MR) is 169 cm³/mol. The summed E-state index contributed by atoms with van der Waals surface area (Å²) < 4.78 is 115. The first-order valence-corrected chi connectivity index (χ1v) is 17.5. The topological polar surface area (TPSA) is 84.8 Å². The van der Waals surface area contributed by atoms with Crippen molar-refractivity contribution < 1.29 is 44.2 Å². The molecule has 2 N–H and O–H groups in total. The standard InChI is InChI=1S/C33H36F6N4O4S/c1-48(44,45)25-11-12-28(30(15-25)47-21-33(37,38)39)40-13-3-4-24-14-26-27(5-2-6-29(26)43(24)18-32(34,35)36)41-22-7-9-23(10-8-22)42-16-31(17-42)19-46-20-31/h2,5-6,11-12,14-15,22-23,40-41H,7-10,13,16-21H2,1H3/t22-,23-. The Bertz CT molecular complexity index is 1810. The van der Waals surface area contributed by atoms with Crippen LogP contribution >= 0.6 is 0 Å². The molecule has 3 fully saturated rings. The SMILES string of the molecule is CS(=O)(=O)c1ccc(NCC#Cc2cc3c(N[C@H]4CC[C@H](N5CC6(COC6)C5)CC4)cccc3n2CC(F)(F)F)c(OCC(F)(F)F)c1. The van der Waals surface area contributed by atoms with Crippen molar-refractivity contribution in [3.05, 3.63) is 48.2 Å². The fraction of sp³-hybridized carbons (Fsp3) is 0.515. The van der Waals surface area contributed by atoms with Crippen LogP contribution in [0.4, 0.5) is 37.7 Å². The number of benzene rings is 2. The van der Waals surface area contributed by atoms with Gasteiger partial charge in [-0.3, -0.25) is 4.90 Å². The van der Waals surface area contributed by atoms with Gasteiger partial charge < -0.3 is 24.7 Å². The van der Waals surface area contributed by atoms with Crippen LogP contribution in [0.1, 0.15) is 31.4 Å². The molecular weight excluding hydrogens is 662 g/mol. The molecule has 2 saturated heterocycles. The highest BCUT2D eigenvalue weighted by Crippen LogP contribution is 2.41. The van der Waals surface area contributed by atoms with E-state index in [0.717, 1.165) is 74.6 Å². The molecule has 2 aromatic carbocycles. The molecule has 0 radical (unpaired) electrons. The molecular formula is C33H36F6N4O4S. The smallest absolute Gasteiger partial charge is 0.422 e. The Morgan fingerprint density at radius 1 is 0.979 bits per heavy atom. The van der Waals surface area contributed by atoms with Crippen molar-refractivity contribution >= 4 is 32.1 Å². The number of ether oxygens (including phenoxy) is 2. The maximum Gasteiger partial charge on any atom is 0.422 e. The normalized spacial score (nSPS) is 21.2. The average Bonchev–Trinajstić information content (AvgIpc) is 3.29. The van der Waals surface area contributed by atoms with E-state index in [2.05, 4.69) is 27.4 Å². The summed E-state index contributed by atoms with van der Waals surface area (Å²) in [6.45, 7) is 0.798. The molecule has 0 atom stereocenters. The summed E-state index contributed by atoms with van der Waals surface area (Å²) in [7, 11) is -3.73. The minimum Gasteiger partial charge on any atom is -0.482 e. The van der Waals surface area contributed by atoms with Gasteiger partial charge in [-0.05, 0) is 61.9 Å². The van der Waals surface area contributed by atoms with E-state index < -0.39 is 35.3 Å². The van der Waals surface area contributed by atoms with Crippen molar-refractivity contribution in [3.8, 4) is 17.6 Å². The zero-order valence-corrected chi connectivity index (χ0v) is 27.0. The summed E-state index contributed by atoms with van der Waals surface area (Å²) in [6, 6.07) is 10.9. The molecule has 8 nitrogen and oxygen atoms in total. The summed E-state index contributed by atoms with van der Waals surface area (Å²) in [5.41, 5.74) is 1.63. The summed E-state index contributed by atoms with van der Waals surface area (Å²) in [5.74, 6) is 5.17. The molecule has 1 aromatic heterocycles. The fourth-order valence-electron chi connectivity index (χ4n) is 6.75. The third kappa shape index (κ3) is 7.98. The lowest BCUT2D eigenvalue weighted by atomic mass is 9.75. The molecule has 3 heterocycles. The van der Waals surface area contributed by atoms with Gasteiger partial charge in [0.15, 0.2) is 16.4 Å². The molecule has 48 heavy (non-hydrogen) atoms. The van der Waals surface area contributed by atoms with Gasteiger partial charge in [0.1, 0.15) is 12.3 Å². The largest absolute Gasteiger partial charge is 0.482 e. The van der Waals surface area contributed by atoms with E-state index in [0.29, 0.717) is 22.4 Å². The number of sulfone groups is 1. The Morgan fingerprint density at radius 2 is 1.71 bits per heavy atom. The maximum atomic E-state index is 13.7. The van der Waals surface area contributed by atoms with E-state index in [1.54, 1.807) is 18.2 Å². The van der Waals surface area contributed by atoms with Crippen LogP contribution < -0.4 is 15.4 Å². The minimum absolute atomic E-state index is 0.0451. The molecule has 6 rings (SSSR count). The summed E-state index contributed by atoms with van der Waals surface area (Å²) in [6.07, 6.45) is -4.29. The monoisotopic (exact) mass is 698 g/mol. The first-order chi connectivity index (χ1) is 22.6. The minimum atomic E-state index is -4.67. The molecule has 0 bridgehead atoms. The number of nitrogens with zero attached hydrogens (tertiary/aromatic N) is 2. The van der Waals surface area contributed by atoms with Crippen LogP contribution in [0.5, 0.6) is 5.75 Å². The predicted octanol–water partition coefficient (Wildman–Crippen LogP) is 6.07. The molecule has 3 aromatic rings. The van der Waals surface area contributed by atoms with Crippen molar-refractivity contribution in [3.63, 3.8) is 0 Å². The van der Waals surface area contributed by atoms with Crippen LogP contribution in [0.2, 0.25) is 0 Å². The van der Waals surface area contributed by atoms with Gasteiger partial charge in [0.05, 0.1) is 41.6 Å². The lowest BCUT2D eigenvalue weighted by Crippen LogP contribution is -2.68. The van der Waals surface area contributed by atoms with Crippen LogP contribution in [0.15, 0.2) is 47.4 Å². The number of nitrogens with one attached hydrogen (secondary N) is 2. The van der Waals surface area contributed by atoms with E-state index in [1.807, 2.05) is 6.07 Å². The molecule has 260 valence electrons. The third-order valence-corrected chi connectivity index (χ3v) is 10.2. The molecule has 15 heteroatoms.